The number of nitro groups is 1. The van der Waals surface area contributed by atoms with E-state index in [1.54, 1.807) is 0 Å². The van der Waals surface area contributed by atoms with E-state index >= 15 is 0 Å². The van der Waals surface area contributed by atoms with Crippen LogP contribution in [0.25, 0.3) is 0 Å². The number of nitrogens with zero attached hydrogens (tertiary/aromatic N) is 3. The van der Waals surface area contributed by atoms with Crippen LogP contribution in [0.1, 0.15) is 64.2 Å². The molecule has 138 valence electrons. The standard InChI is InChI=1S/C18H29N5O2/c24-23(25)16-13-21-18(20-12-15-9-5-2-6-10-15)22-17(16)19-11-14-7-3-1-4-8-14/h13-15H,1-12H2,(H2,19,20,21,22). The van der Waals surface area contributed by atoms with Crippen LogP contribution in [0.2, 0.25) is 0 Å². The van der Waals surface area contributed by atoms with Gasteiger partial charge in [-0.1, -0.05) is 38.5 Å². The second-order valence-corrected chi connectivity index (χ2v) is 7.45. The lowest BCUT2D eigenvalue weighted by atomic mass is 9.89. The average Bonchev–Trinajstić information content (AvgIpc) is 2.66. The van der Waals surface area contributed by atoms with Gasteiger partial charge in [0.2, 0.25) is 11.8 Å². The summed E-state index contributed by atoms with van der Waals surface area (Å²) in [6, 6.07) is 0. The van der Waals surface area contributed by atoms with E-state index < -0.39 is 4.92 Å². The van der Waals surface area contributed by atoms with Gasteiger partial charge in [-0.05, 0) is 37.5 Å². The van der Waals surface area contributed by atoms with Gasteiger partial charge in [-0.3, -0.25) is 10.1 Å². The molecule has 3 rings (SSSR count). The van der Waals surface area contributed by atoms with E-state index in [-0.39, 0.29) is 5.69 Å². The topological polar surface area (TPSA) is 93.0 Å². The van der Waals surface area contributed by atoms with E-state index in [9.17, 15) is 10.1 Å². The van der Waals surface area contributed by atoms with Crippen molar-refractivity contribution in [2.45, 2.75) is 64.2 Å². The number of hydrogen-bond acceptors (Lipinski definition) is 6. The van der Waals surface area contributed by atoms with E-state index in [4.69, 9.17) is 0 Å². The Hall–Kier alpha value is -1.92. The van der Waals surface area contributed by atoms with Crippen molar-refractivity contribution in [1.29, 1.82) is 0 Å². The van der Waals surface area contributed by atoms with Gasteiger partial charge in [0.25, 0.3) is 0 Å². The van der Waals surface area contributed by atoms with Gasteiger partial charge in [0, 0.05) is 13.1 Å². The Labute approximate surface area is 149 Å². The number of hydrogen-bond donors (Lipinski definition) is 2. The van der Waals surface area contributed by atoms with Crippen molar-refractivity contribution in [3.8, 4) is 0 Å². The lowest BCUT2D eigenvalue weighted by Gasteiger charge is -2.22. The van der Waals surface area contributed by atoms with Crippen molar-refractivity contribution in [2.75, 3.05) is 23.7 Å². The van der Waals surface area contributed by atoms with Gasteiger partial charge in [0.1, 0.15) is 6.20 Å². The van der Waals surface area contributed by atoms with Gasteiger partial charge in [0.15, 0.2) is 0 Å². The normalized spacial score (nSPS) is 19.5. The first-order valence-corrected chi connectivity index (χ1v) is 9.71. The second kappa shape index (κ2) is 8.97. The third-order valence-corrected chi connectivity index (χ3v) is 5.52. The molecule has 1 aromatic heterocycles. The molecule has 0 spiro atoms. The molecule has 2 N–H and O–H groups in total. The maximum atomic E-state index is 11.3. The van der Waals surface area contributed by atoms with Gasteiger partial charge >= 0.3 is 5.69 Å². The van der Waals surface area contributed by atoms with Crippen LogP contribution in [0.3, 0.4) is 0 Å². The summed E-state index contributed by atoms with van der Waals surface area (Å²) in [6.45, 7) is 1.60. The highest BCUT2D eigenvalue weighted by Crippen LogP contribution is 2.27. The molecular weight excluding hydrogens is 318 g/mol. The van der Waals surface area contributed by atoms with Crippen LogP contribution in [-0.4, -0.2) is 28.0 Å². The van der Waals surface area contributed by atoms with Gasteiger partial charge in [-0.15, -0.1) is 0 Å². The molecule has 25 heavy (non-hydrogen) atoms. The number of aromatic nitrogens is 2. The van der Waals surface area contributed by atoms with Crippen LogP contribution in [0.15, 0.2) is 6.20 Å². The summed E-state index contributed by atoms with van der Waals surface area (Å²) >= 11 is 0. The summed E-state index contributed by atoms with van der Waals surface area (Å²) in [5, 5.41) is 17.7. The molecule has 0 unspecified atom stereocenters. The van der Waals surface area contributed by atoms with Gasteiger partial charge in [-0.25, -0.2) is 4.98 Å². The highest BCUT2D eigenvalue weighted by atomic mass is 16.6. The zero-order valence-electron chi connectivity index (χ0n) is 14.9. The summed E-state index contributed by atoms with van der Waals surface area (Å²) in [4.78, 5) is 19.4. The Morgan fingerprint density at radius 3 is 2.08 bits per heavy atom. The average molecular weight is 347 g/mol. The minimum Gasteiger partial charge on any atom is -0.364 e. The molecule has 2 saturated carbocycles. The second-order valence-electron chi connectivity index (χ2n) is 7.45. The lowest BCUT2D eigenvalue weighted by molar-refractivity contribution is -0.384. The Morgan fingerprint density at radius 2 is 1.52 bits per heavy atom. The van der Waals surface area contributed by atoms with Crippen LogP contribution in [-0.2, 0) is 0 Å². The highest BCUT2D eigenvalue weighted by molar-refractivity contribution is 5.56. The Balaban J connectivity index is 1.60. The minimum atomic E-state index is -0.409. The molecule has 0 bridgehead atoms. The van der Waals surface area contributed by atoms with Crippen LogP contribution in [0, 0.1) is 22.0 Å². The first-order chi connectivity index (χ1) is 12.2. The van der Waals surface area contributed by atoms with E-state index in [1.165, 1.54) is 70.4 Å². The number of nitrogens with one attached hydrogen (secondary N) is 2. The largest absolute Gasteiger partial charge is 0.364 e. The first kappa shape index (κ1) is 17.9. The molecule has 0 atom stereocenters. The number of anilines is 2. The summed E-state index contributed by atoms with van der Waals surface area (Å²) < 4.78 is 0. The maximum Gasteiger partial charge on any atom is 0.329 e. The summed E-state index contributed by atoms with van der Waals surface area (Å²) in [6.07, 6.45) is 13.9. The molecule has 2 aliphatic rings. The van der Waals surface area contributed by atoms with Crippen LogP contribution >= 0.6 is 0 Å². The molecule has 7 heteroatoms. The Morgan fingerprint density at radius 1 is 0.960 bits per heavy atom. The Kier molecular flexibility index (Phi) is 6.42. The molecule has 7 nitrogen and oxygen atoms in total. The molecule has 1 heterocycles. The van der Waals surface area contributed by atoms with E-state index in [0.29, 0.717) is 23.6 Å². The van der Waals surface area contributed by atoms with E-state index in [0.717, 1.165) is 13.1 Å². The summed E-state index contributed by atoms with van der Waals surface area (Å²) in [5.74, 6) is 2.08. The molecule has 1 aromatic rings. The van der Waals surface area contributed by atoms with Crippen molar-refractivity contribution in [2.24, 2.45) is 11.8 Å². The van der Waals surface area contributed by atoms with Crippen molar-refractivity contribution in [3.05, 3.63) is 16.3 Å². The van der Waals surface area contributed by atoms with Crippen LogP contribution < -0.4 is 10.6 Å². The molecular formula is C18H29N5O2. The molecule has 0 aliphatic heterocycles. The molecule has 0 saturated heterocycles. The molecule has 0 aromatic carbocycles. The van der Waals surface area contributed by atoms with Crippen molar-refractivity contribution >= 4 is 17.5 Å². The molecule has 0 radical (unpaired) electrons. The van der Waals surface area contributed by atoms with Crippen molar-refractivity contribution in [1.82, 2.24) is 9.97 Å². The van der Waals surface area contributed by atoms with Crippen LogP contribution in [0.5, 0.6) is 0 Å². The van der Waals surface area contributed by atoms with E-state index in [2.05, 4.69) is 20.6 Å². The Bertz CT molecular complexity index is 569. The van der Waals surface area contributed by atoms with E-state index in [1.807, 2.05) is 0 Å². The van der Waals surface area contributed by atoms with Gasteiger partial charge in [-0.2, -0.15) is 4.98 Å². The fourth-order valence-electron chi connectivity index (χ4n) is 3.98. The predicted molar refractivity (Wildman–Crippen MR) is 98.8 cm³/mol. The highest BCUT2D eigenvalue weighted by Gasteiger charge is 2.20. The van der Waals surface area contributed by atoms with Gasteiger partial charge in [0.05, 0.1) is 4.92 Å². The fraction of sp³-hybridized carbons (Fsp3) is 0.778. The SMILES string of the molecule is O=[N+]([O-])c1cnc(NCC2CCCCC2)nc1NCC1CCCCC1. The lowest BCUT2D eigenvalue weighted by Crippen LogP contribution is -2.20. The summed E-state index contributed by atoms with van der Waals surface area (Å²) in [5.41, 5.74) is -0.0426. The number of rotatable bonds is 7. The zero-order valence-corrected chi connectivity index (χ0v) is 14.9. The molecule has 2 aliphatic carbocycles. The monoisotopic (exact) mass is 347 g/mol. The predicted octanol–water partition coefficient (Wildman–Crippen LogP) is 4.37. The third-order valence-electron chi connectivity index (χ3n) is 5.52. The fourth-order valence-corrected chi connectivity index (χ4v) is 3.98. The first-order valence-electron chi connectivity index (χ1n) is 9.71. The smallest absolute Gasteiger partial charge is 0.329 e. The van der Waals surface area contributed by atoms with Crippen LogP contribution in [0.4, 0.5) is 17.5 Å². The third kappa shape index (κ3) is 5.28. The molecule has 2 fully saturated rings. The maximum absolute atomic E-state index is 11.3. The summed E-state index contributed by atoms with van der Waals surface area (Å²) in [7, 11) is 0. The zero-order chi connectivity index (χ0) is 17.5. The van der Waals surface area contributed by atoms with Crippen molar-refractivity contribution in [3.63, 3.8) is 0 Å². The van der Waals surface area contributed by atoms with Gasteiger partial charge < -0.3 is 10.6 Å². The quantitative estimate of drug-likeness (QED) is 0.562. The minimum absolute atomic E-state index is 0.0426. The van der Waals surface area contributed by atoms with Crippen molar-refractivity contribution < 1.29 is 4.92 Å². The molecule has 0 amide bonds.